The van der Waals surface area contributed by atoms with Gasteiger partial charge in [-0.2, -0.15) is 5.26 Å². The Morgan fingerprint density at radius 2 is 1.47 bits per heavy atom. The van der Waals surface area contributed by atoms with Gasteiger partial charge in [0.15, 0.2) is 17.9 Å². The normalized spacial score (nSPS) is 46.4. The Hall–Kier alpha value is -0.710. The molecule has 3 aliphatic heterocycles. The third kappa shape index (κ3) is 2.26. The lowest BCUT2D eigenvalue weighted by molar-refractivity contribution is -0.232. The van der Waals surface area contributed by atoms with Crippen LogP contribution in [0.2, 0.25) is 0 Å². The van der Waals surface area contributed by atoms with Gasteiger partial charge in [0.1, 0.15) is 24.4 Å². The third-order valence-electron chi connectivity index (χ3n) is 3.54. The Bertz CT molecular complexity index is 416. The highest BCUT2D eigenvalue weighted by atomic mass is 16.9. The summed E-state index contributed by atoms with van der Waals surface area (Å²) in [4.78, 5) is 0. The van der Waals surface area contributed by atoms with Gasteiger partial charge in [0.05, 0.1) is 12.5 Å². The van der Waals surface area contributed by atoms with E-state index in [9.17, 15) is 0 Å². The van der Waals surface area contributed by atoms with Gasteiger partial charge in [-0.15, -0.1) is 0 Å². The average Bonchev–Trinajstić information content (AvgIpc) is 2.74. The number of hydrogen-bond acceptors (Lipinski definition) is 6. The molecule has 0 aliphatic carbocycles. The molecule has 0 spiro atoms. The number of nitrogens with zero attached hydrogens (tertiary/aromatic N) is 1. The molecule has 0 aromatic rings. The number of hydrogen-bond donors (Lipinski definition) is 0. The van der Waals surface area contributed by atoms with Crippen molar-refractivity contribution >= 4 is 0 Å². The lowest BCUT2D eigenvalue weighted by atomic mass is 9.97. The smallest absolute Gasteiger partial charge is 0.190 e. The van der Waals surface area contributed by atoms with Crippen LogP contribution in [0.1, 0.15) is 34.1 Å². The van der Waals surface area contributed by atoms with E-state index in [1.165, 1.54) is 0 Å². The molecule has 0 aromatic heterocycles. The molecule has 3 rings (SSSR count). The Labute approximate surface area is 112 Å². The van der Waals surface area contributed by atoms with Gasteiger partial charge in [0.25, 0.3) is 0 Å². The van der Waals surface area contributed by atoms with Gasteiger partial charge in [0, 0.05) is 0 Å². The van der Waals surface area contributed by atoms with E-state index in [0.717, 1.165) is 0 Å². The van der Waals surface area contributed by atoms with Crippen LogP contribution in [0.5, 0.6) is 0 Å². The van der Waals surface area contributed by atoms with Gasteiger partial charge in [-0.05, 0) is 27.7 Å². The molecule has 6 heteroatoms. The van der Waals surface area contributed by atoms with Gasteiger partial charge in [-0.1, -0.05) is 0 Å². The summed E-state index contributed by atoms with van der Waals surface area (Å²) in [5, 5.41) is 8.91. The second-order valence-electron chi connectivity index (χ2n) is 6.07. The standard InChI is InChI=1S/C13H19NO5/c1-12(2)16-8-7(5-6-14)15-11-10(9(8)17-12)18-13(3,4)19-11/h7-11H,5H2,1-4H3/t7-,8+,9+,10-,11-/m1/s1. The van der Waals surface area contributed by atoms with Gasteiger partial charge in [-0.25, -0.2) is 0 Å². The van der Waals surface area contributed by atoms with E-state index < -0.39 is 17.9 Å². The zero-order valence-corrected chi connectivity index (χ0v) is 11.6. The van der Waals surface area contributed by atoms with E-state index in [1.54, 1.807) is 0 Å². The van der Waals surface area contributed by atoms with Crippen molar-refractivity contribution in [2.45, 2.75) is 76.4 Å². The Morgan fingerprint density at radius 1 is 0.895 bits per heavy atom. The lowest BCUT2D eigenvalue weighted by Gasteiger charge is -2.36. The minimum absolute atomic E-state index is 0.244. The molecule has 19 heavy (non-hydrogen) atoms. The van der Waals surface area contributed by atoms with Crippen molar-refractivity contribution in [3.8, 4) is 6.07 Å². The first-order valence-corrected chi connectivity index (χ1v) is 6.55. The first kappa shape index (κ1) is 13.3. The van der Waals surface area contributed by atoms with Crippen molar-refractivity contribution in [3.63, 3.8) is 0 Å². The molecule has 5 atom stereocenters. The predicted octanol–water partition coefficient (Wildman–Crippen LogP) is 1.30. The second-order valence-corrected chi connectivity index (χ2v) is 6.07. The Balaban J connectivity index is 1.87. The highest BCUT2D eigenvalue weighted by molar-refractivity contribution is 5.01. The van der Waals surface area contributed by atoms with Crippen molar-refractivity contribution < 1.29 is 23.7 Å². The summed E-state index contributed by atoms with van der Waals surface area (Å²) >= 11 is 0. The highest BCUT2D eigenvalue weighted by Gasteiger charge is 2.60. The van der Waals surface area contributed by atoms with Gasteiger partial charge < -0.3 is 23.7 Å². The molecule has 0 N–H and O–H groups in total. The minimum atomic E-state index is -0.711. The van der Waals surface area contributed by atoms with E-state index in [-0.39, 0.29) is 30.8 Å². The summed E-state index contributed by atoms with van der Waals surface area (Å²) in [5.41, 5.74) is 0. The van der Waals surface area contributed by atoms with E-state index in [0.29, 0.717) is 0 Å². The maximum absolute atomic E-state index is 8.91. The van der Waals surface area contributed by atoms with Crippen LogP contribution in [0, 0.1) is 11.3 Å². The van der Waals surface area contributed by atoms with Crippen LogP contribution in [0.3, 0.4) is 0 Å². The molecular weight excluding hydrogens is 250 g/mol. The molecule has 3 aliphatic rings. The molecule has 3 saturated heterocycles. The van der Waals surface area contributed by atoms with Crippen LogP contribution in [0.4, 0.5) is 0 Å². The molecule has 0 aromatic carbocycles. The van der Waals surface area contributed by atoms with Crippen LogP contribution in [-0.4, -0.2) is 42.3 Å². The van der Waals surface area contributed by atoms with Crippen LogP contribution >= 0.6 is 0 Å². The number of rotatable bonds is 1. The maximum atomic E-state index is 8.91. The number of ether oxygens (including phenoxy) is 5. The van der Waals surface area contributed by atoms with E-state index in [1.807, 2.05) is 27.7 Å². The largest absolute Gasteiger partial charge is 0.343 e. The van der Waals surface area contributed by atoms with Gasteiger partial charge >= 0.3 is 0 Å². The van der Waals surface area contributed by atoms with Crippen LogP contribution in [0.15, 0.2) is 0 Å². The molecule has 0 amide bonds. The molecular formula is C13H19NO5. The Morgan fingerprint density at radius 3 is 2.16 bits per heavy atom. The second kappa shape index (κ2) is 4.14. The molecule has 0 saturated carbocycles. The summed E-state index contributed by atoms with van der Waals surface area (Å²) in [6.07, 6.45) is -1.50. The molecule has 106 valence electrons. The lowest BCUT2D eigenvalue weighted by Crippen LogP contribution is -2.54. The molecule has 3 fully saturated rings. The molecule has 6 nitrogen and oxygen atoms in total. The van der Waals surface area contributed by atoms with Crippen LogP contribution in [0.25, 0.3) is 0 Å². The molecule has 0 unspecified atom stereocenters. The monoisotopic (exact) mass is 269 g/mol. The molecule has 0 radical (unpaired) electrons. The SMILES string of the molecule is CC1(C)O[C@H]2[C@@H](O1)[C@@H](CC#N)O[C@@H]1OC(C)(C)O[C@@H]12. The molecule has 0 bridgehead atoms. The van der Waals surface area contributed by atoms with E-state index in [4.69, 9.17) is 28.9 Å². The fraction of sp³-hybridized carbons (Fsp3) is 0.923. The van der Waals surface area contributed by atoms with Crippen molar-refractivity contribution in [1.82, 2.24) is 0 Å². The molecule has 3 heterocycles. The van der Waals surface area contributed by atoms with Gasteiger partial charge in [-0.3, -0.25) is 0 Å². The maximum Gasteiger partial charge on any atom is 0.190 e. The van der Waals surface area contributed by atoms with Crippen molar-refractivity contribution in [2.24, 2.45) is 0 Å². The predicted molar refractivity (Wildman–Crippen MR) is 62.8 cm³/mol. The first-order valence-electron chi connectivity index (χ1n) is 6.55. The van der Waals surface area contributed by atoms with Crippen LogP contribution in [-0.2, 0) is 23.7 Å². The minimum Gasteiger partial charge on any atom is -0.343 e. The van der Waals surface area contributed by atoms with Crippen molar-refractivity contribution in [2.75, 3.05) is 0 Å². The zero-order chi connectivity index (χ0) is 13.8. The van der Waals surface area contributed by atoms with Crippen molar-refractivity contribution in [1.29, 1.82) is 5.26 Å². The Kier molecular flexibility index (Phi) is 2.89. The average molecular weight is 269 g/mol. The van der Waals surface area contributed by atoms with Gasteiger partial charge in [0.2, 0.25) is 0 Å². The fourth-order valence-electron chi connectivity index (χ4n) is 2.95. The number of fused-ring (bicyclic) bond motifs is 3. The van der Waals surface area contributed by atoms with E-state index >= 15 is 0 Å². The number of nitriles is 1. The quantitative estimate of drug-likeness (QED) is 0.714. The van der Waals surface area contributed by atoms with Crippen molar-refractivity contribution in [3.05, 3.63) is 0 Å². The third-order valence-corrected chi connectivity index (χ3v) is 3.54. The summed E-state index contributed by atoms with van der Waals surface area (Å²) in [6.45, 7) is 7.38. The fourth-order valence-corrected chi connectivity index (χ4v) is 2.95. The highest BCUT2D eigenvalue weighted by Crippen LogP contribution is 2.44. The first-order chi connectivity index (χ1) is 8.81. The summed E-state index contributed by atoms with van der Waals surface area (Å²) < 4.78 is 29.2. The summed E-state index contributed by atoms with van der Waals surface area (Å²) in [7, 11) is 0. The summed E-state index contributed by atoms with van der Waals surface area (Å²) in [6, 6.07) is 2.12. The van der Waals surface area contributed by atoms with Crippen LogP contribution < -0.4 is 0 Å². The van der Waals surface area contributed by atoms with E-state index in [2.05, 4.69) is 6.07 Å². The zero-order valence-electron chi connectivity index (χ0n) is 11.6. The summed E-state index contributed by atoms with van der Waals surface area (Å²) in [5.74, 6) is -1.41. The topological polar surface area (TPSA) is 69.9 Å².